The van der Waals surface area contributed by atoms with Gasteiger partial charge in [-0.2, -0.15) is 5.10 Å². The van der Waals surface area contributed by atoms with E-state index in [1.54, 1.807) is 18.2 Å². The number of benzene rings is 1. The summed E-state index contributed by atoms with van der Waals surface area (Å²) in [6.07, 6.45) is 0. The topological polar surface area (TPSA) is 127 Å². The van der Waals surface area contributed by atoms with E-state index in [2.05, 4.69) is 25.5 Å². The number of fused-ring (bicyclic) bond motifs is 2. The zero-order chi connectivity index (χ0) is 16.1. The summed E-state index contributed by atoms with van der Waals surface area (Å²) in [5.41, 5.74) is 1.66. The van der Waals surface area contributed by atoms with Crippen molar-refractivity contribution in [3.63, 3.8) is 0 Å². The van der Waals surface area contributed by atoms with Gasteiger partial charge in [0.05, 0.1) is 5.56 Å². The van der Waals surface area contributed by atoms with E-state index in [0.29, 0.717) is 17.2 Å². The second kappa shape index (κ2) is 4.60. The van der Waals surface area contributed by atoms with Crippen molar-refractivity contribution in [1.29, 1.82) is 0 Å². The highest BCUT2D eigenvalue weighted by atomic mass is 16.3. The Balaban J connectivity index is 2.07. The molecule has 116 valence electrons. The fourth-order valence-corrected chi connectivity index (χ4v) is 3.06. The van der Waals surface area contributed by atoms with Crippen molar-refractivity contribution < 1.29 is 5.11 Å². The van der Waals surface area contributed by atoms with E-state index >= 15 is 0 Å². The minimum atomic E-state index is -0.591. The van der Waals surface area contributed by atoms with Crippen LogP contribution >= 0.6 is 0 Å². The first kappa shape index (κ1) is 13.4. The molecular weight excluding hydrogens is 298 g/mol. The largest absolute Gasteiger partial charge is 0.508 e. The molecule has 8 heteroatoms. The zero-order valence-electron chi connectivity index (χ0n) is 12.1. The second-order valence-corrected chi connectivity index (χ2v) is 5.46. The highest BCUT2D eigenvalue weighted by molar-refractivity contribution is 5.71. The summed E-state index contributed by atoms with van der Waals surface area (Å²) in [4.78, 5) is 28.8. The van der Waals surface area contributed by atoms with Gasteiger partial charge in [-0.25, -0.2) is 4.79 Å². The number of H-pyrrole nitrogens is 3. The molecule has 1 aliphatic rings. The molecule has 0 fully saturated rings. The number of phenolic OH excluding ortho intramolecular Hbond substituents is 1. The molecule has 0 aliphatic carbocycles. The van der Waals surface area contributed by atoms with E-state index in [1.807, 2.05) is 13.0 Å². The molecule has 5 N–H and O–H groups in total. The van der Waals surface area contributed by atoms with E-state index in [4.69, 9.17) is 0 Å². The van der Waals surface area contributed by atoms with Gasteiger partial charge in [0.25, 0.3) is 5.56 Å². The molecule has 0 bridgehead atoms. The van der Waals surface area contributed by atoms with E-state index in [9.17, 15) is 14.7 Å². The highest BCUT2D eigenvalue weighted by Crippen LogP contribution is 2.43. The maximum absolute atomic E-state index is 12.4. The molecule has 3 aromatic rings. The second-order valence-electron chi connectivity index (χ2n) is 5.46. The maximum Gasteiger partial charge on any atom is 0.327 e. The molecule has 1 aliphatic heterocycles. The average Bonchev–Trinajstić information content (AvgIpc) is 2.86. The lowest BCUT2D eigenvalue weighted by Gasteiger charge is -2.25. The van der Waals surface area contributed by atoms with Crippen molar-refractivity contribution in [3.8, 4) is 5.75 Å². The molecule has 1 aromatic carbocycles. The summed E-state index contributed by atoms with van der Waals surface area (Å²) in [6, 6.07) is 6.69. The SMILES string of the molecule is Cc1[nH]nc2c1[C@@H](c1cccc(O)c1)c1c([nH]c(=O)[nH]c1=O)N2. The number of aromatic amines is 3. The third kappa shape index (κ3) is 1.95. The Morgan fingerprint density at radius 1 is 1.17 bits per heavy atom. The standard InChI is InChI=1S/C15H13N5O3/c1-6-9-10(7-3-2-4-8(21)5-7)11-12(16-13(9)20-19-6)17-15(23)18-14(11)22/h2-5,10,21H,1H3,(H4,16,17,18,19,20,22,23)/t10-/m1/s1. The van der Waals surface area contributed by atoms with Gasteiger partial charge in [0.1, 0.15) is 11.6 Å². The number of rotatable bonds is 1. The Bertz CT molecular complexity index is 1030. The molecule has 0 saturated carbocycles. The number of aryl methyl sites for hydroxylation is 1. The Morgan fingerprint density at radius 3 is 2.78 bits per heavy atom. The summed E-state index contributed by atoms with van der Waals surface area (Å²) in [5.74, 6) is 0.509. The smallest absolute Gasteiger partial charge is 0.327 e. The van der Waals surface area contributed by atoms with Crippen LogP contribution in [-0.4, -0.2) is 25.3 Å². The van der Waals surface area contributed by atoms with E-state index < -0.39 is 17.2 Å². The normalized spacial score (nSPS) is 15.6. The first-order chi connectivity index (χ1) is 11.0. The summed E-state index contributed by atoms with van der Waals surface area (Å²) in [5, 5.41) is 19.8. The first-order valence-corrected chi connectivity index (χ1v) is 7.02. The average molecular weight is 311 g/mol. The van der Waals surface area contributed by atoms with E-state index in [0.717, 1.165) is 16.8 Å². The number of aromatic hydroxyl groups is 1. The van der Waals surface area contributed by atoms with Gasteiger partial charge in [-0.1, -0.05) is 12.1 Å². The molecule has 23 heavy (non-hydrogen) atoms. The molecule has 1 atom stereocenters. The summed E-state index contributed by atoms with van der Waals surface area (Å²) in [7, 11) is 0. The fourth-order valence-electron chi connectivity index (χ4n) is 3.06. The minimum absolute atomic E-state index is 0.103. The molecule has 4 rings (SSSR count). The van der Waals surface area contributed by atoms with Crippen molar-refractivity contribution >= 4 is 11.6 Å². The molecular formula is C15H13N5O3. The molecule has 0 unspecified atom stereocenters. The predicted octanol–water partition coefficient (Wildman–Crippen LogP) is 1.04. The molecule has 2 aromatic heterocycles. The van der Waals surface area contributed by atoms with Crippen molar-refractivity contribution in [3.05, 3.63) is 67.5 Å². The van der Waals surface area contributed by atoms with Gasteiger partial charge in [-0.05, 0) is 24.6 Å². The fraction of sp³-hybridized carbons (Fsp3) is 0.133. The monoisotopic (exact) mass is 311 g/mol. The number of anilines is 2. The minimum Gasteiger partial charge on any atom is -0.508 e. The Labute approximate surface area is 129 Å². The number of phenols is 1. The summed E-state index contributed by atoms with van der Waals surface area (Å²) >= 11 is 0. The first-order valence-electron chi connectivity index (χ1n) is 7.02. The van der Waals surface area contributed by atoms with Crippen LogP contribution < -0.4 is 16.6 Å². The number of nitrogens with zero attached hydrogens (tertiary/aromatic N) is 1. The Morgan fingerprint density at radius 2 is 2.00 bits per heavy atom. The van der Waals surface area contributed by atoms with Gasteiger partial charge < -0.3 is 10.4 Å². The molecule has 8 nitrogen and oxygen atoms in total. The van der Waals surface area contributed by atoms with Crippen LogP contribution in [0.15, 0.2) is 33.9 Å². The van der Waals surface area contributed by atoms with Crippen LogP contribution in [0.25, 0.3) is 0 Å². The lowest BCUT2D eigenvalue weighted by Crippen LogP contribution is -2.31. The number of hydrogen-bond acceptors (Lipinski definition) is 5. The van der Waals surface area contributed by atoms with E-state index in [1.165, 1.54) is 0 Å². The van der Waals surface area contributed by atoms with E-state index in [-0.39, 0.29) is 5.75 Å². The van der Waals surface area contributed by atoms with Crippen LogP contribution in [0.5, 0.6) is 5.75 Å². The third-order valence-electron chi connectivity index (χ3n) is 4.00. The zero-order valence-corrected chi connectivity index (χ0v) is 12.1. The van der Waals surface area contributed by atoms with Crippen molar-refractivity contribution in [2.45, 2.75) is 12.8 Å². The van der Waals surface area contributed by atoms with Crippen LogP contribution in [0.1, 0.15) is 28.3 Å². The molecule has 3 heterocycles. The van der Waals surface area contributed by atoms with Gasteiger partial charge >= 0.3 is 5.69 Å². The van der Waals surface area contributed by atoms with Gasteiger partial charge in [-0.15, -0.1) is 0 Å². The van der Waals surface area contributed by atoms with Crippen LogP contribution in [-0.2, 0) is 0 Å². The quantitative estimate of drug-likeness (QED) is 0.359. The maximum atomic E-state index is 12.4. The summed E-state index contributed by atoms with van der Waals surface area (Å²) in [6.45, 7) is 1.86. The lowest BCUT2D eigenvalue weighted by atomic mass is 9.83. The van der Waals surface area contributed by atoms with Crippen LogP contribution in [0.4, 0.5) is 11.6 Å². The van der Waals surface area contributed by atoms with Crippen molar-refractivity contribution in [1.82, 2.24) is 20.2 Å². The van der Waals surface area contributed by atoms with Crippen molar-refractivity contribution in [2.75, 3.05) is 5.32 Å². The van der Waals surface area contributed by atoms with Crippen molar-refractivity contribution in [2.24, 2.45) is 0 Å². The van der Waals surface area contributed by atoms with Crippen LogP contribution in [0, 0.1) is 6.92 Å². The molecule has 0 saturated heterocycles. The van der Waals surface area contributed by atoms with Crippen LogP contribution in [0.3, 0.4) is 0 Å². The van der Waals surface area contributed by atoms with Gasteiger partial charge in [0.2, 0.25) is 0 Å². The number of nitrogens with one attached hydrogen (secondary N) is 4. The molecule has 0 radical (unpaired) electrons. The van der Waals surface area contributed by atoms with Gasteiger partial charge in [-0.3, -0.25) is 19.9 Å². The number of hydrogen-bond donors (Lipinski definition) is 5. The number of aromatic nitrogens is 4. The molecule has 0 spiro atoms. The third-order valence-corrected chi connectivity index (χ3v) is 4.00. The Kier molecular flexibility index (Phi) is 2.68. The predicted molar refractivity (Wildman–Crippen MR) is 83.3 cm³/mol. The molecule has 0 amide bonds. The summed E-state index contributed by atoms with van der Waals surface area (Å²) < 4.78 is 0. The Hall–Kier alpha value is -3.29. The van der Waals surface area contributed by atoms with Gasteiger partial charge in [0, 0.05) is 17.2 Å². The van der Waals surface area contributed by atoms with Gasteiger partial charge in [0.15, 0.2) is 5.82 Å². The highest BCUT2D eigenvalue weighted by Gasteiger charge is 2.33. The lowest BCUT2D eigenvalue weighted by molar-refractivity contribution is 0.474. The van der Waals surface area contributed by atoms with Crippen LogP contribution in [0.2, 0.25) is 0 Å².